The van der Waals surface area contributed by atoms with E-state index >= 15 is 0 Å². The van der Waals surface area contributed by atoms with Crippen LogP contribution in [0.1, 0.15) is 23.1 Å². The molecule has 1 N–H and O–H groups in total. The van der Waals surface area contributed by atoms with Crippen LogP contribution in [0.3, 0.4) is 0 Å². The summed E-state index contributed by atoms with van der Waals surface area (Å²) in [5.41, 5.74) is 1.82. The van der Waals surface area contributed by atoms with Crippen LogP contribution < -0.4 is 0 Å². The molecule has 0 fully saturated rings. The maximum absolute atomic E-state index is 9.13. The monoisotopic (exact) mass is 293 g/mol. The first-order chi connectivity index (χ1) is 10.3. The fourth-order valence-corrected chi connectivity index (χ4v) is 2.43. The van der Waals surface area contributed by atoms with Gasteiger partial charge in [-0.3, -0.25) is 9.58 Å². The van der Waals surface area contributed by atoms with Crippen LogP contribution in [0, 0.1) is 0 Å². The van der Waals surface area contributed by atoms with Crippen molar-refractivity contribution in [3.63, 3.8) is 0 Å². The molecule has 21 heavy (non-hydrogen) atoms. The van der Waals surface area contributed by atoms with Gasteiger partial charge in [-0.1, -0.05) is 5.16 Å². The fourth-order valence-electron chi connectivity index (χ4n) is 2.43. The van der Waals surface area contributed by atoms with Gasteiger partial charge in [0.25, 0.3) is 0 Å². The maximum Gasteiger partial charge on any atom is 0.240 e. The van der Waals surface area contributed by atoms with E-state index in [4.69, 9.17) is 14.4 Å². The van der Waals surface area contributed by atoms with Gasteiger partial charge in [-0.15, -0.1) is 0 Å². The van der Waals surface area contributed by atoms with E-state index in [1.54, 1.807) is 7.11 Å². The molecule has 114 valence electrons. The van der Waals surface area contributed by atoms with E-state index in [0.29, 0.717) is 37.0 Å². The van der Waals surface area contributed by atoms with Crippen molar-refractivity contribution < 1.29 is 14.4 Å². The van der Waals surface area contributed by atoms with Crippen LogP contribution in [0.15, 0.2) is 10.6 Å². The number of fused-ring (bicyclic) bond motifs is 1. The zero-order chi connectivity index (χ0) is 14.7. The normalized spacial score (nSPS) is 15.3. The van der Waals surface area contributed by atoms with Crippen LogP contribution in [0.25, 0.3) is 0 Å². The minimum Gasteiger partial charge on any atom is -0.390 e. The number of nitrogens with zero attached hydrogens (tertiary/aromatic N) is 5. The SMILES string of the molecule is COCCc1noc(CN2CCn3nc(CO)cc3C2)n1. The molecular formula is C13H19N5O3. The lowest BCUT2D eigenvalue weighted by molar-refractivity contribution is 0.179. The molecule has 0 saturated heterocycles. The first-order valence-corrected chi connectivity index (χ1v) is 6.97. The van der Waals surface area contributed by atoms with Gasteiger partial charge < -0.3 is 14.4 Å². The molecule has 8 nitrogen and oxygen atoms in total. The first kappa shape index (κ1) is 14.2. The van der Waals surface area contributed by atoms with Crippen LogP contribution in [-0.4, -0.2) is 50.2 Å². The Balaban J connectivity index is 1.60. The number of aliphatic hydroxyl groups is 1. The van der Waals surface area contributed by atoms with E-state index in [0.717, 1.165) is 25.3 Å². The topological polar surface area (TPSA) is 89.4 Å². The minimum atomic E-state index is -0.0213. The summed E-state index contributed by atoms with van der Waals surface area (Å²) in [5, 5.41) is 17.4. The third-order valence-corrected chi connectivity index (χ3v) is 3.49. The molecule has 0 unspecified atom stereocenters. The lowest BCUT2D eigenvalue weighted by atomic mass is 10.3. The second-order valence-corrected chi connectivity index (χ2v) is 5.07. The number of methoxy groups -OCH3 is 1. The summed E-state index contributed by atoms with van der Waals surface area (Å²) in [6.45, 7) is 3.63. The molecule has 0 bridgehead atoms. The molecule has 0 amide bonds. The lowest BCUT2D eigenvalue weighted by Crippen LogP contribution is -2.33. The van der Waals surface area contributed by atoms with Crippen LogP contribution in [0.5, 0.6) is 0 Å². The van der Waals surface area contributed by atoms with Gasteiger partial charge in [0.15, 0.2) is 5.82 Å². The van der Waals surface area contributed by atoms with Crippen molar-refractivity contribution in [1.82, 2.24) is 24.8 Å². The minimum absolute atomic E-state index is 0.0213. The van der Waals surface area contributed by atoms with Crippen molar-refractivity contribution in [2.24, 2.45) is 0 Å². The standard InChI is InChI=1S/C13H19N5O3/c1-20-5-2-12-14-13(21-16-12)8-17-3-4-18-11(7-17)6-10(9-19)15-18/h6,19H,2-5,7-9H2,1H3. The summed E-state index contributed by atoms with van der Waals surface area (Å²) in [6, 6.07) is 1.93. The molecule has 0 aromatic carbocycles. The largest absolute Gasteiger partial charge is 0.390 e. The molecule has 8 heteroatoms. The third kappa shape index (κ3) is 3.29. The zero-order valence-corrected chi connectivity index (χ0v) is 12.0. The summed E-state index contributed by atoms with van der Waals surface area (Å²) in [5.74, 6) is 1.30. The lowest BCUT2D eigenvalue weighted by Gasteiger charge is -2.25. The van der Waals surface area contributed by atoms with Gasteiger partial charge in [-0.25, -0.2) is 0 Å². The Bertz CT molecular complexity index is 594. The predicted octanol–water partition coefficient (Wildman–Crippen LogP) is -0.0369. The van der Waals surface area contributed by atoms with E-state index in [9.17, 15) is 0 Å². The van der Waals surface area contributed by atoms with Crippen LogP contribution in [-0.2, 0) is 37.4 Å². The van der Waals surface area contributed by atoms with Crippen LogP contribution >= 0.6 is 0 Å². The van der Waals surface area contributed by atoms with E-state index in [-0.39, 0.29) is 6.61 Å². The van der Waals surface area contributed by atoms with Gasteiger partial charge in [0.1, 0.15) is 0 Å². The molecule has 1 aliphatic rings. The molecule has 2 aromatic rings. The fraction of sp³-hybridized carbons (Fsp3) is 0.615. The Morgan fingerprint density at radius 1 is 1.43 bits per heavy atom. The van der Waals surface area contributed by atoms with Crippen LogP contribution in [0.2, 0.25) is 0 Å². The summed E-state index contributed by atoms with van der Waals surface area (Å²) in [6.07, 6.45) is 0.659. The highest BCUT2D eigenvalue weighted by atomic mass is 16.5. The number of aromatic nitrogens is 4. The van der Waals surface area contributed by atoms with Gasteiger partial charge >= 0.3 is 0 Å². The van der Waals surface area contributed by atoms with Crippen molar-refractivity contribution in [3.8, 4) is 0 Å². The van der Waals surface area contributed by atoms with Gasteiger partial charge in [0.05, 0.1) is 37.7 Å². The first-order valence-electron chi connectivity index (χ1n) is 6.97. The smallest absolute Gasteiger partial charge is 0.240 e. The molecule has 0 atom stereocenters. The highest BCUT2D eigenvalue weighted by molar-refractivity contribution is 5.11. The average Bonchev–Trinajstić information content (AvgIpc) is 3.11. The predicted molar refractivity (Wildman–Crippen MR) is 72.1 cm³/mol. The number of aliphatic hydroxyl groups excluding tert-OH is 1. The maximum atomic E-state index is 9.13. The highest BCUT2D eigenvalue weighted by Gasteiger charge is 2.20. The summed E-state index contributed by atoms with van der Waals surface area (Å²) >= 11 is 0. The van der Waals surface area contributed by atoms with Gasteiger partial charge in [0.2, 0.25) is 5.89 Å². The summed E-state index contributed by atoms with van der Waals surface area (Å²) in [7, 11) is 1.65. The summed E-state index contributed by atoms with van der Waals surface area (Å²) in [4.78, 5) is 6.59. The van der Waals surface area contributed by atoms with E-state index in [2.05, 4.69) is 20.1 Å². The highest BCUT2D eigenvalue weighted by Crippen LogP contribution is 2.15. The number of hydrogen-bond donors (Lipinski definition) is 1. The zero-order valence-electron chi connectivity index (χ0n) is 12.0. The Labute approximate surface area is 122 Å². The third-order valence-electron chi connectivity index (χ3n) is 3.49. The number of ether oxygens (including phenoxy) is 1. The van der Waals surface area contributed by atoms with E-state index < -0.39 is 0 Å². The Hall–Kier alpha value is -1.77. The molecule has 3 heterocycles. The molecule has 0 aliphatic carbocycles. The second kappa shape index (κ2) is 6.33. The second-order valence-electron chi connectivity index (χ2n) is 5.07. The van der Waals surface area contributed by atoms with Crippen molar-refractivity contribution >= 4 is 0 Å². The van der Waals surface area contributed by atoms with Gasteiger partial charge in [-0.2, -0.15) is 10.1 Å². The molecule has 0 saturated carbocycles. The van der Waals surface area contributed by atoms with Gasteiger partial charge in [-0.05, 0) is 6.07 Å². The molecular weight excluding hydrogens is 274 g/mol. The Morgan fingerprint density at radius 2 is 2.33 bits per heavy atom. The Morgan fingerprint density at radius 3 is 3.14 bits per heavy atom. The molecule has 3 rings (SSSR count). The van der Waals surface area contributed by atoms with E-state index in [1.165, 1.54) is 0 Å². The molecule has 2 aromatic heterocycles. The molecule has 0 spiro atoms. The number of rotatable bonds is 6. The van der Waals surface area contributed by atoms with Crippen LogP contribution in [0.4, 0.5) is 0 Å². The van der Waals surface area contributed by atoms with Gasteiger partial charge in [0, 0.05) is 26.6 Å². The Kier molecular flexibility index (Phi) is 4.28. The van der Waals surface area contributed by atoms with E-state index in [1.807, 2.05) is 10.7 Å². The van der Waals surface area contributed by atoms with Crippen molar-refractivity contribution in [2.75, 3.05) is 20.3 Å². The molecule has 1 aliphatic heterocycles. The number of hydrogen-bond acceptors (Lipinski definition) is 7. The quantitative estimate of drug-likeness (QED) is 0.799. The summed E-state index contributed by atoms with van der Waals surface area (Å²) < 4.78 is 12.2. The van der Waals surface area contributed by atoms with Crippen molar-refractivity contribution in [1.29, 1.82) is 0 Å². The van der Waals surface area contributed by atoms with Crippen molar-refractivity contribution in [2.45, 2.75) is 32.7 Å². The average molecular weight is 293 g/mol. The molecule has 0 radical (unpaired) electrons. The van der Waals surface area contributed by atoms with Crippen molar-refractivity contribution in [3.05, 3.63) is 29.2 Å².